The summed E-state index contributed by atoms with van der Waals surface area (Å²) in [7, 11) is 2.21. The molecule has 17 heavy (non-hydrogen) atoms. The van der Waals surface area contributed by atoms with Crippen molar-refractivity contribution in [3.63, 3.8) is 0 Å². The predicted molar refractivity (Wildman–Crippen MR) is 72.8 cm³/mol. The second-order valence-corrected chi connectivity index (χ2v) is 5.34. The number of nitrogens with two attached hydrogens (primary N) is 1. The lowest BCUT2D eigenvalue weighted by Gasteiger charge is -2.39. The van der Waals surface area contributed by atoms with Crippen molar-refractivity contribution < 1.29 is 0 Å². The van der Waals surface area contributed by atoms with Crippen LogP contribution in [0.15, 0.2) is 24.3 Å². The lowest BCUT2D eigenvalue weighted by atomic mass is 9.79. The van der Waals surface area contributed by atoms with Crippen LogP contribution >= 0.6 is 0 Å². The number of hydrogen-bond donors (Lipinski definition) is 1. The predicted octanol–water partition coefficient (Wildman–Crippen LogP) is 2.55. The second kappa shape index (κ2) is 5.65. The second-order valence-electron chi connectivity index (χ2n) is 5.34. The summed E-state index contributed by atoms with van der Waals surface area (Å²) in [6.07, 6.45) is 4.11. The van der Waals surface area contributed by atoms with Gasteiger partial charge in [0, 0.05) is 19.1 Å². The van der Waals surface area contributed by atoms with Gasteiger partial charge in [-0.2, -0.15) is 0 Å². The molecule has 0 heterocycles. The van der Waals surface area contributed by atoms with Crippen molar-refractivity contribution in [3.05, 3.63) is 35.4 Å². The Morgan fingerprint density at radius 2 is 2.06 bits per heavy atom. The SMILES string of the molecule is Cc1ccccc1CN(C)C(CN)C1CCC1. The van der Waals surface area contributed by atoms with Crippen molar-refractivity contribution in [2.75, 3.05) is 13.6 Å². The van der Waals surface area contributed by atoms with Crippen LogP contribution in [-0.4, -0.2) is 24.5 Å². The Bertz CT molecular complexity index is 358. The Kier molecular flexibility index (Phi) is 4.19. The smallest absolute Gasteiger partial charge is 0.0247 e. The minimum absolute atomic E-state index is 0.559. The maximum atomic E-state index is 5.93. The molecule has 0 aliphatic heterocycles. The van der Waals surface area contributed by atoms with Crippen LogP contribution in [0.1, 0.15) is 30.4 Å². The molecule has 1 unspecified atom stereocenters. The number of likely N-dealkylation sites (N-methyl/N-ethyl adjacent to an activating group) is 1. The van der Waals surface area contributed by atoms with E-state index >= 15 is 0 Å². The normalized spacial score (nSPS) is 18.1. The Hall–Kier alpha value is -0.860. The fourth-order valence-electron chi connectivity index (χ4n) is 2.73. The minimum Gasteiger partial charge on any atom is -0.329 e. The largest absolute Gasteiger partial charge is 0.329 e. The van der Waals surface area contributed by atoms with Crippen LogP contribution in [0.4, 0.5) is 0 Å². The Labute approximate surface area is 105 Å². The molecule has 0 amide bonds. The van der Waals surface area contributed by atoms with E-state index in [1.807, 2.05) is 0 Å². The van der Waals surface area contributed by atoms with Gasteiger partial charge in [0.05, 0.1) is 0 Å². The van der Waals surface area contributed by atoms with Gasteiger partial charge in [-0.1, -0.05) is 30.7 Å². The van der Waals surface area contributed by atoms with Gasteiger partial charge in [0.2, 0.25) is 0 Å². The summed E-state index contributed by atoms with van der Waals surface area (Å²) in [6.45, 7) is 3.99. The van der Waals surface area contributed by atoms with Crippen LogP contribution < -0.4 is 5.73 Å². The molecule has 94 valence electrons. The quantitative estimate of drug-likeness (QED) is 0.845. The summed E-state index contributed by atoms with van der Waals surface area (Å²) in [5.41, 5.74) is 8.74. The van der Waals surface area contributed by atoms with E-state index in [1.165, 1.54) is 30.4 Å². The van der Waals surface area contributed by atoms with Gasteiger partial charge < -0.3 is 5.73 Å². The van der Waals surface area contributed by atoms with Crippen molar-refractivity contribution in [3.8, 4) is 0 Å². The molecule has 0 radical (unpaired) electrons. The zero-order chi connectivity index (χ0) is 12.3. The number of rotatable bonds is 5. The molecule has 0 aromatic heterocycles. The van der Waals surface area contributed by atoms with Crippen LogP contribution in [-0.2, 0) is 6.54 Å². The van der Waals surface area contributed by atoms with Crippen molar-refractivity contribution in [1.29, 1.82) is 0 Å². The molecule has 1 atom stereocenters. The van der Waals surface area contributed by atoms with Crippen LogP contribution in [0.3, 0.4) is 0 Å². The average molecular weight is 232 g/mol. The van der Waals surface area contributed by atoms with E-state index in [1.54, 1.807) is 0 Å². The Morgan fingerprint density at radius 1 is 1.35 bits per heavy atom. The molecular formula is C15H24N2. The maximum absolute atomic E-state index is 5.93. The van der Waals surface area contributed by atoms with E-state index in [-0.39, 0.29) is 0 Å². The molecule has 0 spiro atoms. The summed E-state index contributed by atoms with van der Waals surface area (Å²) in [5, 5.41) is 0. The summed E-state index contributed by atoms with van der Waals surface area (Å²) in [4.78, 5) is 2.44. The molecule has 1 saturated carbocycles. The van der Waals surface area contributed by atoms with Gasteiger partial charge in [0.15, 0.2) is 0 Å². The van der Waals surface area contributed by atoms with Gasteiger partial charge in [-0.15, -0.1) is 0 Å². The third-order valence-electron chi connectivity index (χ3n) is 4.18. The van der Waals surface area contributed by atoms with Crippen molar-refractivity contribution >= 4 is 0 Å². The summed E-state index contributed by atoms with van der Waals surface area (Å²) < 4.78 is 0. The number of hydrogen-bond acceptors (Lipinski definition) is 2. The van der Waals surface area contributed by atoms with Crippen molar-refractivity contribution in [1.82, 2.24) is 4.90 Å². The standard InChI is InChI=1S/C15H24N2/c1-12-6-3-4-7-14(12)11-17(2)15(10-16)13-8-5-9-13/h3-4,6-7,13,15H,5,8-11,16H2,1-2H3. The lowest BCUT2D eigenvalue weighted by molar-refractivity contribution is 0.118. The van der Waals surface area contributed by atoms with E-state index < -0.39 is 0 Å². The van der Waals surface area contributed by atoms with Gasteiger partial charge in [-0.3, -0.25) is 4.90 Å². The Morgan fingerprint density at radius 3 is 2.59 bits per heavy atom. The highest BCUT2D eigenvalue weighted by molar-refractivity contribution is 5.25. The van der Waals surface area contributed by atoms with Gasteiger partial charge in [-0.25, -0.2) is 0 Å². The average Bonchev–Trinajstić information content (AvgIpc) is 2.26. The van der Waals surface area contributed by atoms with Crippen LogP contribution in [0.2, 0.25) is 0 Å². The molecular weight excluding hydrogens is 208 g/mol. The number of aryl methyl sites for hydroxylation is 1. The zero-order valence-corrected chi connectivity index (χ0v) is 11.0. The van der Waals surface area contributed by atoms with Crippen LogP contribution in [0.25, 0.3) is 0 Å². The first-order valence-corrected chi connectivity index (χ1v) is 6.67. The highest BCUT2D eigenvalue weighted by Gasteiger charge is 2.29. The monoisotopic (exact) mass is 232 g/mol. The molecule has 1 fully saturated rings. The molecule has 0 bridgehead atoms. The third-order valence-corrected chi connectivity index (χ3v) is 4.18. The van der Waals surface area contributed by atoms with Crippen molar-refractivity contribution in [2.24, 2.45) is 11.7 Å². The Balaban J connectivity index is 1.99. The molecule has 1 aliphatic carbocycles. The van der Waals surface area contributed by atoms with Crippen LogP contribution in [0, 0.1) is 12.8 Å². The molecule has 2 rings (SSSR count). The molecule has 2 N–H and O–H groups in total. The number of benzene rings is 1. The molecule has 1 aromatic rings. The van der Waals surface area contributed by atoms with Gasteiger partial charge in [0.25, 0.3) is 0 Å². The third kappa shape index (κ3) is 2.88. The maximum Gasteiger partial charge on any atom is 0.0247 e. The lowest BCUT2D eigenvalue weighted by Crippen LogP contribution is -2.45. The highest BCUT2D eigenvalue weighted by Crippen LogP contribution is 2.32. The molecule has 1 aliphatic rings. The van der Waals surface area contributed by atoms with E-state index in [0.717, 1.165) is 19.0 Å². The summed E-state index contributed by atoms with van der Waals surface area (Å²) in [6, 6.07) is 9.19. The molecule has 2 nitrogen and oxygen atoms in total. The van der Waals surface area contributed by atoms with E-state index in [9.17, 15) is 0 Å². The number of nitrogens with zero attached hydrogens (tertiary/aromatic N) is 1. The van der Waals surface area contributed by atoms with Gasteiger partial charge >= 0.3 is 0 Å². The summed E-state index contributed by atoms with van der Waals surface area (Å²) >= 11 is 0. The van der Waals surface area contributed by atoms with Gasteiger partial charge in [-0.05, 0) is 43.9 Å². The minimum atomic E-state index is 0.559. The zero-order valence-electron chi connectivity index (χ0n) is 11.0. The fraction of sp³-hybridized carbons (Fsp3) is 0.600. The fourth-order valence-corrected chi connectivity index (χ4v) is 2.73. The van der Waals surface area contributed by atoms with Crippen molar-refractivity contribution in [2.45, 2.75) is 38.8 Å². The van der Waals surface area contributed by atoms with E-state index in [2.05, 4.69) is 43.1 Å². The van der Waals surface area contributed by atoms with Crippen LogP contribution in [0.5, 0.6) is 0 Å². The van der Waals surface area contributed by atoms with E-state index in [0.29, 0.717) is 6.04 Å². The molecule has 2 heteroatoms. The van der Waals surface area contributed by atoms with E-state index in [4.69, 9.17) is 5.73 Å². The molecule has 0 saturated heterocycles. The topological polar surface area (TPSA) is 29.3 Å². The highest BCUT2D eigenvalue weighted by atomic mass is 15.1. The summed E-state index contributed by atoms with van der Waals surface area (Å²) in [5.74, 6) is 0.828. The first-order valence-electron chi connectivity index (χ1n) is 6.67. The van der Waals surface area contributed by atoms with Gasteiger partial charge in [0.1, 0.15) is 0 Å². The first-order chi connectivity index (χ1) is 8.22. The first kappa shape index (κ1) is 12.6. The molecule has 1 aromatic carbocycles.